The lowest BCUT2D eigenvalue weighted by molar-refractivity contribution is -0.138. The minimum atomic E-state index is -1.08. The highest BCUT2D eigenvalue weighted by atomic mass is 19.1. The Morgan fingerprint density at radius 2 is 2.16 bits per heavy atom. The molecule has 0 fully saturated rings. The first kappa shape index (κ1) is 13.5. The molecule has 19 heavy (non-hydrogen) atoms. The zero-order valence-corrected chi connectivity index (χ0v) is 10.7. The smallest absolute Gasteiger partial charge is 0.310 e. The van der Waals surface area contributed by atoms with Gasteiger partial charge < -0.3 is 19.3 Å². The summed E-state index contributed by atoms with van der Waals surface area (Å²) in [6, 6.07) is 1.16. The maximum absolute atomic E-state index is 13.9. The lowest BCUT2D eigenvalue weighted by Crippen LogP contribution is -2.12. The van der Waals surface area contributed by atoms with Crippen LogP contribution in [-0.4, -0.2) is 31.4 Å². The second-order valence-corrected chi connectivity index (χ2v) is 4.24. The molecule has 1 aliphatic rings. The molecule has 6 heteroatoms. The van der Waals surface area contributed by atoms with Gasteiger partial charge in [0.05, 0.1) is 31.8 Å². The molecule has 0 radical (unpaired) electrons. The Morgan fingerprint density at radius 3 is 2.79 bits per heavy atom. The van der Waals surface area contributed by atoms with Crippen LogP contribution in [0.15, 0.2) is 6.07 Å². The van der Waals surface area contributed by atoms with E-state index in [2.05, 4.69) is 0 Å². The van der Waals surface area contributed by atoms with Crippen LogP contribution in [0.5, 0.6) is 17.2 Å². The summed E-state index contributed by atoms with van der Waals surface area (Å²) < 4.78 is 29.8. The third-order valence-electron chi connectivity index (χ3n) is 2.99. The van der Waals surface area contributed by atoms with E-state index in [1.165, 1.54) is 14.0 Å². The number of hydrogen-bond acceptors (Lipinski definition) is 4. The van der Waals surface area contributed by atoms with Gasteiger partial charge in [-0.2, -0.15) is 0 Å². The molecule has 1 aromatic rings. The van der Waals surface area contributed by atoms with Gasteiger partial charge in [-0.3, -0.25) is 4.79 Å². The van der Waals surface area contributed by atoms with Crippen molar-refractivity contribution in [1.29, 1.82) is 0 Å². The molecule has 0 saturated heterocycles. The van der Waals surface area contributed by atoms with Gasteiger partial charge in [0.15, 0.2) is 23.1 Å². The van der Waals surface area contributed by atoms with E-state index in [4.69, 9.17) is 19.3 Å². The lowest BCUT2D eigenvalue weighted by Gasteiger charge is -2.19. The van der Waals surface area contributed by atoms with Gasteiger partial charge in [-0.15, -0.1) is 0 Å². The van der Waals surface area contributed by atoms with Gasteiger partial charge in [-0.25, -0.2) is 4.39 Å². The fourth-order valence-corrected chi connectivity index (χ4v) is 2.01. The summed E-state index contributed by atoms with van der Waals surface area (Å²) in [6.07, 6.45) is 0.652. The molecule has 1 aliphatic heterocycles. The fraction of sp³-hybridized carbons (Fsp3) is 0.462. The Hall–Kier alpha value is -1.98. The largest absolute Gasteiger partial charge is 0.493 e. The number of carbonyl (C=O) groups is 1. The number of rotatable bonds is 3. The van der Waals surface area contributed by atoms with Crippen LogP contribution in [0.1, 0.15) is 24.8 Å². The van der Waals surface area contributed by atoms with Gasteiger partial charge in [-0.05, 0) is 6.92 Å². The molecule has 1 unspecified atom stereocenters. The summed E-state index contributed by atoms with van der Waals surface area (Å²) in [6.45, 7) is 2.24. The van der Waals surface area contributed by atoms with Crippen LogP contribution in [0.2, 0.25) is 0 Å². The third kappa shape index (κ3) is 2.43. The Morgan fingerprint density at radius 1 is 1.47 bits per heavy atom. The van der Waals surface area contributed by atoms with E-state index in [1.807, 2.05) is 0 Å². The van der Waals surface area contributed by atoms with Crippen LogP contribution < -0.4 is 14.2 Å². The number of hydrogen-bond donors (Lipinski definition) is 1. The lowest BCUT2D eigenvalue weighted by atomic mass is 9.98. The summed E-state index contributed by atoms with van der Waals surface area (Å²) in [5.74, 6) is -2.33. The first-order chi connectivity index (χ1) is 9.06. The minimum absolute atomic E-state index is 0.112. The van der Waals surface area contributed by atoms with Crippen LogP contribution in [0.3, 0.4) is 0 Å². The second kappa shape index (κ2) is 5.34. The monoisotopic (exact) mass is 270 g/mol. The number of fused-ring (bicyclic) bond motifs is 1. The van der Waals surface area contributed by atoms with Crippen molar-refractivity contribution in [3.05, 3.63) is 17.4 Å². The number of methoxy groups -OCH3 is 1. The van der Waals surface area contributed by atoms with Crippen molar-refractivity contribution >= 4 is 5.97 Å². The summed E-state index contributed by atoms with van der Waals surface area (Å²) in [5, 5.41) is 9.14. The third-order valence-corrected chi connectivity index (χ3v) is 2.99. The molecule has 5 nitrogen and oxygen atoms in total. The van der Waals surface area contributed by atoms with Crippen molar-refractivity contribution in [3.63, 3.8) is 0 Å². The standard InChI is InChI=1S/C13H15FO5/c1-7(13(15)16)10-11(17-2)8(14)6-9-12(10)19-5-3-4-18-9/h6-7H,3-5H2,1-2H3,(H,15,16). The van der Waals surface area contributed by atoms with Crippen molar-refractivity contribution in [1.82, 2.24) is 0 Å². The molecule has 0 aliphatic carbocycles. The summed E-state index contributed by atoms with van der Waals surface area (Å²) in [7, 11) is 1.29. The predicted molar refractivity (Wildman–Crippen MR) is 64.6 cm³/mol. The Bertz CT molecular complexity index is 500. The van der Waals surface area contributed by atoms with E-state index in [-0.39, 0.29) is 22.8 Å². The maximum atomic E-state index is 13.9. The number of ether oxygens (including phenoxy) is 3. The maximum Gasteiger partial charge on any atom is 0.310 e. The number of benzene rings is 1. The molecule has 1 heterocycles. The molecule has 0 saturated carbocycles. The molecule has 0 aromatic heterocycles. The van der Waals surface area contributed by atoms with Crippen LogP contribution >= 0.6 is 0 Å². The topological polar surface area (TPSA) is 65.0 Å². The van der Waals surface area contributed by atoms with Gasteiger partial charge in [0.2, 0.25) is 0 Å². The van der Waals surface area contributed by atoms with E-state index < -0.39 is 17.7 Å². The van der Waals surface area contributed by atoms with Crippen molar-refractivity contribution < 1.29 is 28.5 Å². The molecule has 0 spiro atoms. The number of halogens is 1. The highest BCUT2D eigenvalue weighted by Crippen LogP contribution is 2.44. The van der Waals surface area contributed by atoms with E-state index in [0.717, 1.165) is 6.07 Å². The molecule has 2 rings (SSSR count). The SMILES string of the molecule is COc1c(F)cc2c(c1C(C)C(=O)O)OCCCO2. The van der Waals surface area contributed by atoms with Crippen LogP contribution in [-0.2, 0) is 4.79 Å². The number of carboxylic acids is 1. The highest BCUT2D eigenvalue weighted by molar-refractivity contribution is 5.79. The zero-order valence-electron chi connectivity index (χ0n) is 10.7. The molecular formula is C13H15FO5. The average molecular weight is 270 g/mol. The second-order valence-electron chi connectivity index (χ2n) is 4.24. The fourth-order valence-electron chi connectivity index (χ4n) is 2.01. The molecule has 1 atom stereocenters. The highest BCUT2D eigenvalue weighted by Gasteiger charge is 2.30. The molecule has 0 amide bonds. The zero-order chi connectivity index (χ0) is 14.0. The van der Waals surface area contributed by atoms with Gasteiger partial charge in [0.25, 0.3) is 0 Å². The van der Waals surface area contributed by atoms with E-state index in [9.17, 15) is 9.18 Å². The van der Waals surface area contributed by atoms with E-state index >= 15 is 0 Å². The van der Waals surface area contributed by atoms with Crippen LogP contribution in [0.4, 0.5) is 4.39 Å². The predicted octanol–water partition coefficient (Wildman–Crippen LogP) is 2.18. The van der Waals surface area contributed by atoms with E-state index in [0.29, 0.717) is 19.6 Å². The van der Waals surface area contributed by atoms with Crippen molar-refractivity contribution in [2.75, 3.05) is 20.3 Å². The summed E-state index contributed by atoms with van der Waals surface area (Å²) >= 11 is 0. The first-order valence-corrected chi connectivity index (χ1v) is 5.95. The molecule has 1 N–H and O–H groups in total. The van der Waals surface area contributed by atoms with Gasteiger partial charge in [-0.1, -0.05) is 0 Å². The van der Waals surface area contributed by atoms with E-state index in [1.54, 1.807) is 0 Å². The Labute approximate surface area is 109 Å². The average Bonchev–Trinajstić information content (AvgIpc) is 2.61. The number of aliphatic carboxylic acids is 1. The molecular weight excluding hydrogens is 255 g/mol. The Kier molecular flexibility index (Phi) is 3.78. The summed E-state index contributed by atoms with van der Waals surface area (Å²) in [5.41, 5.74) is 0.173. The van der Waals surface area contributed by atoms with Gasteiger partial charge in [0.1, 0.15) is 0 Å². The number of carboxylic acid groups (broad SMARTS) is 1. The quantitative estimate of drug-likeness (QED) is 0.912. The van der Waals surface area contributed by atoms with Crippen LogP contribution in [0, 0.1) is 5.82 Å². The van der Waals surface area contributed by atoms with Gasteiger partial charge >= 0.3 is 5.97 Å². The molecule has 104 valence electrons. The Balaban J connectivity index is 2.65. The van der Waals surface area contributed by atoms with Crippen molar-refractivity contribution in [2.24, 2.45) is 0 Å². The normalized spacial score (nSPS) is 15.5. The van der Waals surface area contributed by atoms with Gasteiger partial charge in [0, 0.05) is 12.5 Å². The summed E-state index contributed by atoms with van der Waals surface area (Å²) in [4.78, 5) is 11.2. The van der Waals surface area contributed by atoms with Crippen molar-refractivity contribution in [2.45, 2.75) is 19.3 Å². The first-order valence-electron chi connectivity index (χ1n) is 5.95. The van der Waals surface area contributed by atoms with Crippen LogP contribution in [0.25, 0.3) is 0 Å². The molecule has 0 bridgehead atoms. The minimum Gasteiger partial charge on any atom is -0.493 e. The molecule has 1 aromatic carbocycles. The van der Waals surface area contributed by atoms with Crippen molar-refractivity contribution in [3.8, 4) is 17.2 Å².